The van der Waals surface area contributed by atoms with Gasteiger partial charge in [-0.2, -0.15) is 0 Å². The van der Waals surface area contributed by atoms with Crippen molar-refractivity contribution >= 4 is 11.9 Å². The summed E-state index contributed by atoms with van der Waals surface area (Å²) in [4.78, 5) is 23.5. The van der Waals surface area contributed by atoms with E-state index in [1.54, 1.807) is 6.07 Å². The first-order valence-electron chi connectivity index (χ1n) is 6.29. The van der Waals surface area contributed by atoms with Crippen molar-refractivity contribution in [1.82, 2.24) is 5.32 Å². The molecule has 1 atom stereocenters. The second-order valence-electron chi connectivity index (χ2n) is 4.26. The molecule has 2 rings (SSSR count). The highest BCUT2D eigenvalue weighted by atomic mass is 16.5. The van der Waals surface area contributed by atoms with E-state index in [2.05, 4.69) is 10.1 Å². The second-order valence-corrected chi connectivity index (χ2v) is 4.26. The van der Waals surface area contributed by atoms with E-state index in [4.69, 9.17) is 9.52 Å². The van der Waals surface area contributed by atoms with Crippen molar-refractivity contribution in [3.8, 4) is 11.1 Å². The third kappa shape index (κ3) is 3.29. The molecule has 1 unspecified atom stereocenters. The standard InChI is InChI=1S/C15H15NO5/c1-20-15(19)12(9-17)16-14(18)13-11(7-8-21-13)10-5-3-2-4-6-10/h2-8,12,17H,9H2,1H3,(H,16,18). The lowest BCUT2D eigenvalue weighted by atomic mass is 10.1. The highest BCUT2D eigenvalue weighted by Crippen LogP contribution is 2.24. The van der Waals surface area contributed by atoms with Gasteiger partial charge in [-0.1, -0.05) is 30.3 Å². The Morgan fingerprint density at radius 3 is 2.62 bits per heavy atom. The van der Waals surface area contributed by atoms with Gasteiger partial charge in [0, 0.05) is 5.56 Å². The Kier molecular flexibility index (Phi) is 4.73. The number of hydrogen-bond donors (Lipinski definition) is 2. The van der Waals surface area contributed by atoms with Crippen molar-refractivity contribution in [3.63, 3.8) is 0 Å². The number of carbonyl (C=O) groups is 2. The molecule has 0 aliphatic carbocycles. The van der Waals surface area contributed by atoms with Gasteiger partial charge in [0.05, 0.1) is 20.0 Å². The molecule has 6 heteroatoms. The molecule has 0 aliphatic heterocycles. The van der Waals surface area contributed by atoms with E-state index in [1.165, 1.54) is 13.4 Å². The van der Waals surface area contributed by atoms with Crippen LogP contribution in [-0.4, -0.2) is 36.7 Å². The maximum atomic E-state index is 12.2. The van der Waals surface area contributed by atoms with Gasteiger partial charge in [0.15, 0.2) is 11.8 Å². The van der Waals surface area contributed by atoms with Crippen LogP contribution in [0.15, 0.2) is 47.1 Å². The van der Waals surface area contributed by atoms with E-state index in [0.717, 1.165) is 5.56 Å². The third-order valence-corrected chi connectivity index (χ3v) is 2.93. The number of furan rings is 1. The van der Waals surface area contributed by atoms with Gasteiger partial charge >= 0.3 is 5.97 Å². The molecule has 1 aromatic heterocycles. The number of carbonyl (C=O) groups excluding carboxylic acids is 2. The summed E-state index contributed by atoms with van der Waals surface area (Å²) in [5, 5.41) is 11.5. The fourth-order valence-electron chi connectivity index (χ4n) is 1.88. The van der Waals surface area contributed by atoms with Crippen LogP contribution in [0.2, 0.25) is 0 Å². The predicted octanol–water partition coefficient (Wildman–Crippen LogP) is 1.21. The van der Waals surface area contributed by atoms with Crippen LogP contribution in [-0.2, 0) is 9.53 Å². The Balaban J connectivity index is 2.21. The van der Waals surface area contributed by atoms with Crippen molar-refractivity contribution in [2.45, 2.75) is 6.04 Å². The average molecular weight is 289 g/mol. The summed E-state index contributed by atoms with van der Waals surface area (Å²) in [7, 11) is 1.18. The van der Waals surface area contributed by atoms with Gasteiger partial charge in [0.1, 0.15) is 0 Å². The van der Waals surface area contributed by atoms with E-state index in [1.807, 2.05) is 30.3 Å². The Morgan fingerprint density at radius 1 is 1.29 bits per heavy atom. The normalized spacial score (nSPS) is 11.7. The minimum absolute atomic E-state index is 0.0727. The second kappa shape index (κ2) is 6.71. The smallest absolute Gasteiger partial charge is 0.330 e. The van der Waals surface area contributed by atoms with Crippen molar-refractivity contribution in [3.05, 3.63) is 48.4 Å². The summed E-state index contributed by atoms with van der Waals surface area (Å²) >= 11 is 0. The largest absolute Gasteiger partial charge is 0.467 e. The zero-order chi connectivity index (χ0) is 15.2. The summed E-state index contributed by atoms with van der Waals surface area (Å²) in [5.74, 6) is -1.24. The Labute approximate surface area is 121 Å². The van der Waals surface area contributed by atoms with E-state index in [0.29, 0.717) is 5.56 Å². The molecule has 21 heavy (non-hydrogen) atoms. The molecular weight excluding hydrogens is 274 g/mol. The monoisotopic (exact) mass is 289 g/mol. The van der Waals surface area contributed by atoms with Crippen LogP contribution in [0.5, 0.6) is 0 Å². The lowest BCUT2D eigenvalue weighted by Gasteiger charge is -2.13. The SMILES string of the molecule is COC(=O)C(CO)NC(=O)c1occc1-c1ccccc1. The van der Waals surface area contributed by atoms with Crippen LogP contribution in [0.4, 0.5) is 0 Å². The molecule has 0 aliphatic rings. The van der Waals surface area contributed by atoms with E-state index in [9.17, 15) is 9.59 Å². The minimum atomic E-state index is -1.13. The fourth-order valence-corrected chi connectivity index (χ4v) is 1.88. The highest BCUT2D eigenvalue weighted by molar-refractivity contribution is 6.00. The van der Waals surface area contributed by atoms with Crippen molar-refractivity contribution in [2.75, 3.05) is 13.7 Å². The van der Waals surface area contributed by atoms with Crippen LogP contribution >= 0.6 is 0 Å². The summed E-state index contributed by atoms with van der Waals surface area (Å²) in [6, 6.07) is 9.76. The van der Waals surface area contributed by atoms with E-state index in [-0.39, 0.29) is 5.76 Å². The summed E-state index contributed by atoms with van der Waals surface area (Å²) < 4.78 is 9.69. The first-order chi connectivity index (χ1) is 10.2. The minimum Gasteiger partial charge on any atom is -0.467 e. The molecule has 110 valence electrons. The maximum Gasteiger partial charge on any atom is 0.330 e. The Morgan fingerprint density at radius 2 is 2.00 bits per heavy atom. The maximum absolute atomic E-state index is 12.2. The first kappa shape index (κ1) is 14.8. The van der Waals surface area contributed by atoms with Crippen LogP contribution in [0, 0.1) is 0 Å². The number of aliphatic hydroxyl groups excluding tert-OH is 1. The molecule has 0 saturated carbocycles. The van der Waals surface area contributed by atoms with Crippen molar-refractivity contribution in [1.29, 1.82) is 0 Å². The molecule has 1 aromatic carbocycles. The number of amides is 1. The number of methoxy groups -OCH3 is 1. The van der Waals surface area contributed by atoms with E-state index < -0.39 is 24.5 Å². The molecule has 2 aromatic rings. The molecule has 0 radical (unpaired) electrons. The highest BCUT2D eigenvalue weighted by Gasteiger charge is 2.24. The molecule has 0 fully saturated rings. The van der Waals surface area contributed by atoms with Gasteiger partial charge in [-0.25, -0.2) is 4.79 Å². The summed E-state index contributed by atoms with van der Waals surface area (Å²) in [5.41, 5.74) is 1.42. The number of benzene rings is 1. The van der Waals surface area contributed by atoms with E-state index >= 15 is 0 Å². The van der Waals surface area contributed by atoms with Crippen LogP contribution in [0.3, 0.4) is 0 Å². The molecule has 1 heterocycles. The zero-order valence-corrected chi connectivity index (χ0v) is 11.4. The van der Waals surface area contributed by atoms with Crippen LogP contribution in [0.25, 0.3) is 11.1 Å². The van der Waals surface area contributed by atoms with Crippen molar-refractivity contribution in [2.24, 2.45) is 0 Å². The molecular formula is C15H15NO5. The number of ether oxygens (including phenoxy) is 1. The number of hydrogen-bond acceptors (Lipinski definition) is 5. The number of nitrogens with one attached hydrogen (secondary N) is 1. The number of esters is 1. The summed E-state index contributed by atoms with van der Waals surface area (Å²) in [6.45, 7) is -0.556. The molecule has 0 spiro atoms. The summed E-state index contributed by atoms with van der Waals surface area (Å²) in [6.07, 6.45) is 1.39. The molecule has 6 nitrogen and oxygen atoms in total. The predicted molar refractivity (Wildman–Crippen MR) is 74.5 cm³/mol. The average Bonchev–Trinajstić information content (AvgIpc) is 3.02. The number of rotatable bonds is 5. The third-order valence-electron chi connectivity index (χ3n) is 2.93. The van der Waals surface area contributed by atoms with Gasteiger partial charge in [-0.3, -0.25) is 4.79 Å². The molecule has 0 saturated heterocycles. The fraction of sp³-hybridized carbons (Fsp3) is 0.200. The van der Waals surface area contributed by atoms with Gasteiger partial charge in [0.2, 0.25) is 0 Å². The van der Waals surface area contributed by atoms with Gasteiger partial charge in [-0.05, 0) is 11.6 Å². The zero-order valence-electron chi connectivity index (χ0n) is 11.4. The molecule has 2 N–H and O–H groups in total. The van der Waals surface area contributed by atoms with Crippen LogP contribution in [0.1, 0.15) is 10.6 Å². The topological polar surface area (TPSA) is 88.8 Å². The lowest BCUT2D eigenvalue weighted by molar-refractivity contribution is -0.143. The Hall–Kier alpha value is -2.60. The number of aliphatic hydroxyl groups is 1. The van der Waals surface area contributed by atoms with Gasteiger partial charge < -0.3 is 19.6 Å². The van der Waals surface area contributed by atoms with Crippen molar-refractivity contribution < 1.29 is 23.8 Å². The quantitative estimate of drug-likeness (QED) is 0.808. The molecule has 1 amide bonds. The van der Waals surface area contributed by atoms with Gasteiger partial charge in [0.25, 0.3) is 5.91 Å². The van der Waals surface area contributed by atoms with Crippen LogP contribution < -0.4 is 5.32 Å². The lowest BCUT2D eigenvalue weighted by Crippen LogP contribution is -2.44. The first-order valence-corrected chi connectivity index (χ1v) is 6.29. The molecule has 0 bridgehead atoms. The Bertz CT molecular complexity index is 620. The van der Waals surface area contributed by atoms with Gasteiger partial charge in [-0.15, -0.1) is 0 Å².